The van der Waals surface area contributed by atoms with Gasteiger partial charge >= 0.3 is 0 Å². The molecule has 4 rings (SSSR count). The van der Waals surface area contributed by atoms with Gasteiger partial charge in [0.1, 0.15) is 6.04 Å². The highest BCUT2D eigenvalue weighted by Crippen LogP contribution is 2.52. The number of carbonyl (C=O) groups excluding carboxylic acids is 3. The van der Waals surface area contributed by atoms with Crippen LogP contribution in [0.15, 0.2) is 12.2 Å². The lowest BCUT2D eigenvalue weighted by molar-refractivity contribution is -0.153. The van der Waals surface area contributed by atoms with Gasteiger partial charge in [-0.2, -0.15) is 0 Å². The lowest BCUT2D eigenvalue weighted by Gasteiger charge is -2.32. The number of hydrogen-bond donors (Lipinski definition) is 0. The van der Waals surface area contributed by atoms with Gasteiger partial charge in [-0.3, -0.25) is 19.3 Å². The summed E-state index contributed by atoms with van der Waals surface area (Å²) >= 11 is 0. The number of nitrogens with zero attached hydrogens (tertiary/aromatic N) is 2. The van der Waals surface area contributed by atoms with Crippen LogP contribution in [0.3, 0.4) is 0 Å². The Labute approximate surface area is 129 Å². The Morgan fingerprint density at radius 2 is 1.68 bits per heavy atom. The molecule has 22 heavy (non-hydrogen) atoms. The number of allylic oxidation sites excluding steroid dienone is 2. The summed E-state index contributed by atoms with van der Waals surface area (Å²) < 4.78 is 5.24. The molecular formula is C16H20N2O4. The minimum absolute atomic E-state index is 0.148. The molecule has 5 atom stereocenters. The first-order valence-corrected chi connectivity index (χ1v) is 8.01. The predicted octanol–water partition coefficient (Wildman–Crippen LogP) is 0.0408. The maximum absolute atomic E-state index is 12.7. The number of morpholine rings is 1. The molecule has 0 N–H and O–H groups in total. The number of fused-ring (bicyclic) bond motifs is 5. The van der Waals surface area contributed by atoms with Gasteiger partial charge in [0.05, 0.1) is 25.0 Å². The van der Waals surface area contributed by atoms with E-state index in [1.165, 1.54) is 4.90 Å². The third-order valence-corrected chi connectivity index (χ3v) is 5.57. The SMILES string of the molecule is C[C@@H](C(=O)N1CCOCC1)N1C(=O)[C@@H]2[C@@H](C1=O)[C@H]1C=C[C@H]2C1. The topological polar surface area (TPSA) is 66.9 Å². The largest absolute Gasteiger partial charge is 0.378 e. The fourth-order valence-electron chi connectivity index (χ4n) is 4.47. The fraction of sp³-hybridized carbons (Fsp3) is 0.688. The molecule has 118 valence electrons. The van der Waals surface area contributed by atoms with Gasteiger partial charge in [0.2, 0.25) is 17.7 Å². The smallest absolute Gasteiger partial charge is 0.245 e. The van der Waals surface area contributed by atoms with E-state index < -0.39 is 6.04 Å². The van der Waals surface area contributed by atoms with E-state index in [9.17, 15) is 14.4 Å². The first-order valence-electron chi connectivity index (χ1n) is 8.01. The van der Waals surface area contributed by atoms with Crippen LogP contribution >= 0.6 is 0 Å². The minimum Gasteiger partial charge on any atom is -0.378 e. The molecule has 3 fully saturated rings. The maximum Gasteiger partial charge on any atom is 0.245 e. The summed E-state index contributed by atoms with van der Waals surface area (Å²) in [5.41, 5.74) is 0. The molecule has 0 aromatic heterocycles. The number of ether oxygens (including phenoxy) is 1. The molecule has 0 spiro atoms. The van der Waals surface area contributed by atoms with Crippen molar-refractivity contribution in [3.8, 4) is 0 Å². The monoisotopic (exact) mass is 304 g/mol. The zero-order valence-corrected chi connectivity index (χ0v) is 12.6. The molecule has 2 saturated heterocycles. The molecule has 3 amide bonds. The Balaban J connectivity index is 1.54. The maximum atomic E-state index is 12.7. The van der Waals surface area contributed by atoms with Gasteiger partial charge in [-0.15, -0.1) is 0 Å². The second-order valence-electron chi connectivity index (χ2n) is 6.66. The summed E-state index contributed by atoms with van der Waals surface area (Å²) in [6.45, 7) is 3.75. The summed E-state index contributed by atoms with van der Waals surface area (Å²) in [5.74, 6) is -0.554. The van der Waals surface area contributed by atoms with Crippen LogP contribution in [0.1, 0.15) is 13.3 Å². The van der Waals surface area contributed by atoms with Crippen molar-refractivity contribution in [2.24, 2.45) is 23.7 Å². The quantitative estimate of drug-likeness (QED) is 0.534. The third-order valence-electron chi connectivity index (χ3n) is 5.57. The van der Waals surface area contributed by atoms with E-state index in [1.807, 2.05) is 0 Å². The first-order chi connectivity index (χ1) is 10.6. The molecule has 0 aromatic carbocycles. The lowest BCUT2D eigenvalue weighted by atomic mass is 9.85. The molecule has 2 heterocycles. The van der Waals surface area contributed by atoms with Crippen LogP contribution in [0, 0.1) is 23.7 Å². The van der Waals surface area contributed by atoms with E-state index in [1.54, 1.807) is 11.8 Å². The van der Waals surface area contributed by atoms with Gasteiger partial charge < -0.3 is 9.64 Å². The van der Waals surface area contributed by atoms with Crippen molar-refractivity contribution < 1.29 is 19.1 Å². The molecule has 6 nitrogen and oxygen atoms in total. The van der Waals surface area contributed by atoms with Gasteiger partial charge in [0, 0.05) is 13.1 Å². The van der Waals surface area contributed by atoms with Crippen LogP contribution in [-0.4, -0.2) is 59.9 Å². The summed E-state index contributed by atoms with van der Waals surface area (Å²) in [6, 6.07) is -0.705. The first kappa shape index (κ1) is 13.9. The number of carbonyl (C=O) groups is 3. The standard InChI is InChI=1S/C16H20N2O4/c1-9(14(19)17-4-6-22-7-5-17)18-15(20)12-10-2-3-11(8-10)13(12)16(18)21/h2-3,9-13H,4-8H2,1H3/t9-,10-,11-,12-,13-/m0/s1. The van der Waals surface area contributed by atoms with Crippen molar-refractivity contribution in [2.45, 2.75) is 19.4 Å². The second-order valence-corrected chi connectivity index (χ2v) is 6.66. The minimum atomic E-state index is -0.705. The summed E-state index contributed by atoms with van der Waals surface area (Å²) in [4.78, 5) is 40.9. The Morgan fingerprint density at radius 3 is 2.23 bits per heavy atom. The van der Waals surface area contributed by atoms with E-state index in [-0.39, 0.29) is 41.4 Å². The fourth-order valence-corrected chi connectivity index (χ4v) is 4.47. The average Bonchev–Trinajstić information content (AvgIpc) is 3.21. The molecule has 4 aliphatic rings. The van der Waals surface area contributed by atoms with Crippen molar-refractivity contribution in [3.63, 3.8) is 0 Å². The summed E-state index contributed by atoms with van der Waals surface area (Å²) in [7, 11) is 0. The van der Waals surface area contributed by atoms with Gasteiger partial charge in [0.25, 0.3) is 0 Å². The van der Waals surface area contributed by atoms with Gasteiger partial charge in [-0.25, -0.2) is 0 Å². The van der Waals surface area contributed by atoms with Crippen molar-refractivity contribution in [1.82, 2.24) is 9.80 Å². The molecular weight excluding hydrogens is 284 g/mol. The Morgan fingerprint density at radius 1 is 1.14 bits per heavy atom. The Hall–Kier alpha value is -1.69. The highest BCUT2D eigenvalue weighted by molar-refractivity contribution is 6.09. The molecule has 0 radical (unpaired) electrons. The molecule has 2 aliphatic carbocycles. The average molecular weight is 304 g/mol. The highest BCUT2D eigenvalue weighted by Gasteiger charge is 2.60. The van der Waals surface area contributed by atoms with Crippen LogP contribution in [-0.2, 0) is 19.1 Å². The number of rotatable bonds is 2. The molecule has 6 heteroatoms. The number of amides is 3. The Kier molecular flexibility index (Phi) is 3.11. The number of imide groups is 1. The summed E-state index contributed by atoms with van der Waals surface area (Å²) in [5, 5.41) is 0. The van der Waals surface area contributed by atoms with Gasteiger partial charge in [-0.05, 0) is 25.2 Å². The van der Waals surface area contributed by atoms with Crippen molar-refractivity contribution in [3.05, 3.63) is 12.2 Å². The van der Waals surface area contributed by atoms with Gasteiger partial charge in [-0.1, -0.05) is 12.2 Å². The van der Waals surface area contributed by atoms with Crippen molar-refractivity contribution >= 4 is 17.7 Å². The third kappa shape index (κ3) is 1.79. The summed E-state index contributed by atoms with van der Waals surface area (Å²) in [6.07, 6.45) is 5.04. The molecule has 0 aromatic rings. The Bertz CT molecular complexity index is 536. The zero-order valence-electron chi connectivity index (χ0n) is 12.6. The van der Waals surface area contributed by atoms with E-state index in [0.29, 0.717) is 26.3 Å². The second kappa shape index (κ2) is 4.91. The molecule has 0 unspecified atom stereocenters. The van der Waals surface area contributed by atoms with Crippen LogP contribution < -0.4 is 0 Å². The molecule has 1 saturated carbocycles. The lowest BCUT2D eigenvalue weighted by Crippen LogP contribution is -2.52. The van der Waals surface area contributed by atoms with Crippen LogP contribution in [0.4, 0.5) is 0 Å². The molecule has 2 aliphatic heterocycles. The van der Waals surface area contributed by atoms with E-state index in [2.05, 4.69) is 12.2 Å². The van der Waals surface area contributed by atoms with E-state index in [4.69, 9.17) is 4.74 Å². The zero-order chi connectivity index (χ0) is 15.4. The van der Waals surface area contributed by atoms with E-state index in [0.717, 1.165) is 6.42 Å². The van der Waals surface area contributed by atoms with Crippen LogP contribution in [0.2, 0.25) is 0 Å². The van der Waals surface area contributed by atoms with Crippen molar-refractivity contribution in [2.75, 3.05) is 26.3 Å². The highest BCUT2D eigenvalue weighted by atomic mass is 16.5. The van der Waals surface area contributed by atoms with Crippen LogP contribution in [0.5, 0.6) is 0 Å². The molecule has 2 bridgehead atoms. The normalized spacial score (nSPS) is 37.9. The van der Waals surface area contributed by atoms with E-state index >= 15 is 0 Å². The van der Waals surface area contributed by atoms with Gasteiger partial charge in [0.15, 0.2) is 0 Å². The number of likely N-dealkylation sites (tertiary alicyclic amines) is 1. The van der Waals surface area contributed by atoms with Crippen molar-refractivity contribution in [1.29, 1.82) is 0 Å². The van der Waals surface area contributed by atoms with Crippen LogP contribution in [0.25, 0.3) is 0 Å². The number of hydrogen-bond acceptors (Lipinski definition) is 4. The predicted molar refractivity (Wildman–Crippen MR) is 76.4 cm³/mol.